The second-order valence-corrected chi connectivity index (χ2v) is 10.1. The van der Waals surface area contributed by atoms with E-state index in [1.54, 1.807) is 18.2 Å². The molecule has 0 atom stereocenters. The van der Waals surface area contributed by atoms with Gasteiger partial charge < -0.3 is 14.3 Å². The van der Waals surface area contributed by atoms with Crippen LogP contribution in [0, 0.1) is 0 Å². The summed E-state index contributed by atoms with van der Waals surface area (Å²) in [5.41, 5.74) is 1.85. The van der Waals surface area contributed by atoms with Crippen LogP contribution in [0.4, 0.5) is 5.69 Å². The van der Waals surface area contributed by atoms with Crippen molar-refractivity contribution in [2.24, 2.45) is 0 Å². The van der Waals surface area contributed by atoms with Crippen molar-refractivity contribution in [2.75, 3.05) is 5.32 Å². The number of nitrogens with zero attached hydrogens (tertiary/aromatic N) is 3. The topological polar surface area (TPSA) is 119 Å². The Morgan fingerprint density at radius 1 is 1.00 bits per heavy atom. The molecule has 0 saturated heterocycles. The van der Waals surface area contributed by atoms with Crippen LogP contribution in [0.2, 0.25) is 0 Å². The number of benzene rings is 2. The van der Waals surface area contributed by atoms with E-state index in [9.17, 15) is 13.2 Å². The molecule has 0 bridgehead atoms. The summed E-state index contributed by atoms with van der Waals surface area (Å²) in [6, 6.07) is 16.6. The molecule has 0 spiro atoms. The van der Waals surface area contributed by atoms with E-state index in [1.165, 1.54) is 36.9 Å². The van der Waals surface area contributed by atoms with Crippen LogP contribution in [0.3, 0.4) is 0 Å². The fraction of sp³-hybridized carbons (Fsp3) is 0.240. The van der Waals surface area contributed by atoms with Crippen LogP contribution < -0.4 is 10.0 Å². The standard InChI is InChI=1S/C25H25N5O4S/c31-25(18-10-12-22(13-11-18)35(32,33)26-17-21-8-5-15-34-21)27-20-7-4-6-19(16-20)24-29-28-23-9-2-1-3-14-30(23)24/h4-8,10-13,15-16,26H,1-3,9,14,17H2,(H,27,31). The number of amides is 1. The van der Waals surface area contributed by atoms with Gasteiger partial charge in [0, 0.05) is 29.8 Å². The van der Waals surface area contributed by atoms with Crippen molar-refractivity contribution in [1.29, 1.82) is 0 Å². The average molecular weight is 492 g/mol. The fourth-order valence-corrected chi connectivity index (χ4v) is 5.08. The highest BCUT2D eigenvalue weighted by molar-refractivity contribution is 7.89. The summed E-state index contributed by atoms with van der Waals surface area (Å²) in [4.78, 5) is 12.9. The van der Waals surface area contributed by atoms with Crippen LogP contribution in [0.5, 0.6) is 0 Å². The molecule has 2 N–H and O–H groups in total. The van der Waals surface area contributed by atoms with Crippen LogP contribution in [-0.2, 0) is 29.5 Å². The Labute approximate surface area is 203 Å². The molecule has 0 unspecified atom stereocenters. The van der Waals surface area contributed by atoms with Gasteiger partial charge in [0.1, 0.15) is 11.6 Å². The summed E-state index contributed by atoms with van der Waals surface area (Å²) in [6.45, 7) is 0.934. The normalized spacial score (nSPS) is 13.7. The molecular weight excluding hydrogens is 466 g/mol. The van der Waals surface area contributed by atoms with Crippen LogP contribution in [-0.4, -0.2) is 29.1 Å². The van der Waals surface area contributed by atoms with Crippen molar-refractivity contribution >= 4 is 21.6 Å². The Morgan fingerprint density at radius 3 is 2.66 bits per heavy atom. The van der Waals surface area contributed by atoms with Crippen LogP contribution in [0.1, 0.15) is 41.2 Å². The number of hydrogen-bond acceptors (Lipinski definition) is 6. The van der Waals surface area contributed by atoms with Gasteiger partial charge in [-0.25, -0.2) is 13.1 Å². The monoisotopic (exact) mass is 491 g/mol. The van der Waals surface area contributed by atoms with Gasteiger partial charge in [0.05, 0.1) is 17.7 Å². The number of aromatic nitrogens is 3. The third-order valence-electron chi connectivity index (χ3n) is 5.93. The predicted octanol–water partition coefficient (Wildman–Crippen LogP) is 4.00. The summed E-state index contributed by atoms with van der Waals surface area (Å²) >= 11 is 0. The molecule has 35 heavy (non-hydrogen) atoms. The smallest absolute Gasteiger partial charge is 0.255 e. The highest BCUT2D eigenvalue weighted by Gasteiger charge is 2.18. The average Bonchev–Trinajstić information content (AvgIpc) is 3.48. The minimum absolute atomic E-state index is 0.0448. The van der Waals surface area contributed by atoms with E-state index in [0.717, 1.165) is 43.0 Å². The maximum atomic E-state index is 12.8. The number of rotatable bonds is 7. The molecule has 0 aliphatic carbocycles. The zero-order valence-corrected chi connectivity index (χ0v) is 19.8. The number of furan rings is 1. The largest absolute Gasteiger partial charge is 0.468 e. The number of hydrogen-bond donors (Lipinski definition) is 2. The van der Waals surface area contributed by atoms with Crippen molar-refractivity contribution in [3.8, 4) is 11.4 Å². The van der Waals surface area contributed by atoms with Gasteiger partial charge in [-0.1, -0.05) is 18.6 Å². The highest BCUT2D eigenvalue weighted by atomic mass is 32.2. The molecule has 0 saturated carbocycles. The fourth-order valence-electron chi connectivity index (χ4n) is 4.09. The quantitative estimate of drug-likeness (QED) is 0.403. The third kappa shape index (κ3) is 5.18. The van der Waals surface area contributed by atoms with E-state index in [2.05, 4.69) is 24.8 Å². The van der Waals surface area contributed by atoms with Crippen LogP contribution in [0.15, 0.2) is 76.2 Å². The molecule has 1 aliphatic rings. The Morgan fingerprint density at radius 2 is 1.86 bits per heavy atom. The van der Waals surface area contributed by atoms with E-state index >= 15 is 0 Å². The Kier molecular flexibility index (Phi) is 6.47. The predicted molar refractivity (Wildman–Crippen MR) is 130 cm³/mol. The molecule has 1 amide bonds. The first kappa shape index (κ1) is 23.0. The van der Waals surface area contributed by atoms with Gasteiger partial charge in [-0.15, -0.1) is 10.2 Å². The number of anilines is 1. The molecule has 0 fully saturated rings. The van der Waals surface area contributed by atoms with Crippen molar-refractivity contribution in [3.05, 3.63) is 84.1 Å². The molecule has 2 aromatic carbocycles. The first-order chi connectivity index (χ1) is 17.0. The molecule has 180 valence electrons. The first-order valence-corrected chi connectivity index (χ1v) is 12.9. The van der Waals surface area contributed by atoms with E-state index < -0.39 is 10.0 Å². The van der Waals surface area contributed by atoms with Gasteiger partial charge in [0.15, 0.2) is 5.82 Å². The van der Waals surface area contributed by atoms with E-state index in [-0.39, 0.29) is 17.3 Å². The minimum atomic E-state index is -3.74. The number of nitrogens with one attached hydrogen (secondary N) is 2. The van der Waals surface area contributed by atoms with Gasteiger partial charge in [-0.3, -0.25) is 4.79 Å². The Bertz CT molecular complexity index is 1430. The SMILES string of the molecule is O=C(Nc1cccc(-c2nnc3n2CCCCC3)c1)c1ccc(S(=O)(=O)NCc2ccco2)cc1. The van der Waals surface area contributed by atoms with Crippen molar-refractivity contribution in [1.82, 2.24) is 19.5 Å². The molecule has 0 radical (unpaired) electrons. The lowest BCUT2D eigenvalue weighted by Gasteiger charge is -2.10. The van der Waals surface area contributed by atoms with Gasteiger partial charge in [-0.05, 0) is 61.4 Å². The number of carbonyl (C=O) groups is 1. The lowest BCUT2D eigenvalue weighted by molar-refractivity contribution is 0.102. The summed E-state index contributed by atoms with van der Waals surface area (Å²) < 4.78 is 34.8. The van der Waals surface area contributed by atoms with Crippen molar-refractivity contribution in [3.63, 3.8) is 0 Å². The number of carbonyl (C=O) groups excluding carboxylic acids is 1. The van der Waals surface area contributed by atoms with E-state index in [0.29, 0.717) is 17.0 Å². The van der Waals surface area contributed by atoms with Crippen molar-refractivity contribution in [2.45, 2.75) is 43.7 Å². The molecule has 10 heteroatoms. The minimum Gasteiger partial charge on any atom is -0.468 e. The molecule has 2 aromatic heterocycles. The molecule has 4 aromatic rings. The van der Waals surface area contributed by atoms with Gasteiger partial charge in [0.25, 0.3) is 5.91 Å². The van der Waals surface area contributed by atoms with Crippen LogP contribution >= 0.6 is 0 Å². The molecule has 9 nitrogen and oxygen atoms in total. The Hall–Kier alpha value is -3.76. The summed E-state index contributed by atoms with van der Waals surface area (Å²) in [6.07, 6.45) is 5.80. The lowest BCUT2D eigenvalue weighted by Crippen LogP contribution is -2.23. The summed E-state index contributed by atoms with van der Waals surface area (Å²) in [5, 5.41) is 11.6. The molecule has 5 rings (SSSR count). The lowest BCUT2D eigenvalue weighted by atomic mass is 10.1. The van der Waals surface area contributed by atoms with Crippen molar-refractivity contribution < 1.29 is 17.6 Å². The first-order valence-electron chi connectivity index (χ1n) is 11.5. The highest BCUT2D eigenvalue weighted by Crippen LogP contribution is 2.25. The zero-order valence-electron chi connectivity index (χ0n) is 19.0. The van der Waals surface area contributed by atoms with E-state index in [1.807, 2.05) is 18.2 Å². The number of sulfonamides is 1. The van der Waals surface area contributed by atoms with Gasteiger partial charge in [-0.2, -0.15) is 0 Å². The maximum absolute atomic E-state index is 12.8. The molecule has 1 aliphatic heterocycles. The maximum Gasteiger partial charge on any atom is 0.255 e. The second-order valence-electron chi connectivity index (χ2n) is 8.37. The summed E-state index contributed by atoms with van der Waals surface area (Å²) in [7, 11) is -3.74. The van der Waals surface area contributed by atoms with E-state index in [4.69, 9.17) is 4.42 Å². The van der Waals surface area contributed by atoms with Crippen LogP contribution in [0.25, 0.3) is 11.4 Å². The molecule has 3 heterocycles. The number of fused-ring (bicyclic) bond motifs is 1. The van der Waals surface area contributed by atoms with Gasteiger partial charge >= 0.3 is 0 Å². The second kappa shape index (κ2) is 9.85. The Balaban J connectivity index is 1.28. The van der Waals surface area contributed by atoms with Gasteiger partial charge in [0.2, 0.25) is 10.0 Å². The zero-order chi connectivity index (χ0) is 24.3. The summed E-state index contributed by atoms with van der Waals surface area (Å²) in [5.74, 6) is 1.97. The molecular formula is C25H25N5O4S. The number of aryl methyl sites for hydroxylation is 1. The third-order valence-corrected chi connectivity index (χ3v) is 7.35.